The smallest absolute Gasteiger partial charge is 0.315 e. The predicted molar refractivity (Wildman–Crippen MR) is 40.6 cm³/mol. The first-order valence-corrected chi connectivity index (χ1v) is 3.89. The molecule has 0 bridgehead atoms. The summed E-state index contributed by atoms with van der Waals surface area (Å²) in [7, 11) is 0. The fourth-order valence-corrected chi connectivity index (χ4v) is 1.17. The van der Waals surface area contributed by atoms with Gasteiger partial charge in [-0.1, -0.05) is 4.49 Å². The maximum Gasteiger partial charge on any atom is 0.315 e. The summed E-state index contributed by atoms with van der Waals surface area (Å²) >= 11 is 1.16. The molecule has 0 aliphatic heterocycles. The van der Waals surface area contributed by atoms with Crippen LogP contribution in [0.3, 0.4) is 0 Å². The number of hydrogen-bond acceptors (Lipinski definition) is 4. The van der Waals surface area contributed by atoms with Gasteiger partial charge in [-0.15, -0.1) is 5.10 Å². The lowest BCUT2D eigenvalue weighted by molar-refractivity contribution is -0.142. The molecular formula is C6H8N2O2S. The zero-order valence-corrected chi connectivity index (χ0v) is 7.05. The number of carbonyl (C=O) groups is 1. The molecule has 11 heavy (non-hydrogen) atoms. The molecular weight excluding hydrogens is 164 g/mol. The van der Waals surface area contributed by atoms with E-state index in [0.717, 1.165) is 11.5 Å². The molecule has 0 saturated heterocycles. The van der Waals surface area contributed by atoms with E-state index < -0.39 is 11.4 Å². The summed E-state index contributed by atoms with van der Waals surface area (Å²) in [4.78, 5) is 10.7. The number of rotatable bonds is 2. The topological polar surface area (TPSA) is 63.1 Å². The second-order valence-corrected chi connectivity index (χ2v) is 3.33. The molecule has 0 saturated carbocycles. The molecule has 5 heteroatoms. The molecule has 60 valence electrons. The van der Waals surface area contributed by atoms with Gasteiger partial charge in [-0.25, -0.2) is 0 Å². The zero-order chi connectivity index (χ0) is 8.48. The Kier molecular flexibility index (Phi) is 1.90. The van der Waals surface area contributed by atoms with Gasteiger partial charge in [0.25, 0.3) is 0 Å². The summed E-state index contributed by atoms with van der Waals surface area (Å²) < 4.78 is 3.60. The molecule has 0 unspecified atom stereocenters. The van der Waals surface area contributed by atoms with Crippen LogP contribution in [0.25, 0.3) is 0 Å². The van der Waals surface area contributed by atoms with Crippen molar-refractivity contribution in [1.82, 2.24) is 9.59 Å². The van der Waals surface area contributed by atoms with Gasteiger partial charge in [0.05, 0.1) is 5.69 Å². The molecule has 0 atom stereocenters. The Labute approximate surface area is 68.0 Å². The van der Waals surface area contributed by atoms with E-state index in [4.69, 9.17) is 5.11 Å². The lowest BCUT2D eigenvalue weighted by Crippen LogP contribution is -2.28. The molecule has 0 aliphatic carbocycles. The van der Waals surface area contributed by atoms with Crippen LogP contribution in [0, 0.1) is 0 Å². The van der Waals surface area contributed by atoms with Gasteiger partial charge in [-0.2, -0.15) is 0 Å². The normalized spacial score (nSPS) is 11.5. The minimum Gasteiger partial charge on any atom is -0.481 e. The third kappa shape index (κ3) is 1.37. The Bertz CT molecular complexity index is 256. The van der Waals surface area contributed by atoms with Crippen molar-refractivity contribution in [3.63, 3.8) is 0 Å². The highest BCUT2D eigenvalue weighted by molar-refractivity contribution is 7.03. The van der Waals surface area contributed by atoms with Crippen LogP contribution in [-0.2, 0) is 10.2 Å². The van der Waals surface area contributed by atoms with Crippen molar-refractivity contribution in [1.29, 1.82) is 0 Å². The van der Waals surface area contributed by atoms with Crippen molar-refractivity contribution in [3.8, 4) is 0 Å². The second kappa shape index (κ2) is 2.58. The number of carboxylic acid groups (broad SMARTS) is 1. The fourth-order valence-electron chi connectivity index (χ4n) is 0.546. The minimum absolute atomic E-state index is 0.509. The van der Waals surface area contributed by atoms with Crippen LogP contribution in [0.4, 0.5) is 0 Å². The van der Waals surface area contributed by atoms with Gasteiger partial charge in [0.2, 0.25) is 0 Å². The summed E-state index contributed by atoms with van der Waals surface area (Å²) in [5.41, 5.74) is -0.414. The SMILES string of the molecule is CC(C)(C(=O)O)c1csnn1. The number of hydrogen-bond donors (Lipinski definition) is 1. The Morgan fingerprint density at radius 1 is 1.73 bits per heavy atom. The fraction of sp³-hybridized carbons (Fsp3) is 0.500. The largest absolute Gasteiger partial charge is 0.481 e. The highest BCUT2D eigenvalue weighted by Gasteiger charge is 2.31. The van der Waals surface area contributed by atoms with E-state index in [-0.39, 0.29) is 0 Å². The van der Waals surface area contributed by atoms with Crippen LogP contribution in [0.2, 0.25) is 0 Å². The Balaban J connectivity index is 3.00. The molecule has 4 nitrogen and oxygen atoms in total. The molecule has 1 rings (SSSR count). The van der Waals surface area contributed by atoms with E-state index >= 15 is 0 Å². The zero-order valence-electron chi connectivity index (χ0n) is 6.24. The molecule has 1 N–H and O–H groups in total. The second-order valence-electron chi connectivity index (χ2n) is 2.72. The molecule has 0 aliphatic rings. The third-order valence-corrected chi connectivity index (χ3v) is 2.04. The van der Waals surface area contributed by atoms with Gasteiger partial charge in [0.1, 0.15) is 5.41 Å². The molecule has 1 aromatic rings. The maximum absolute atomic E-state index is 10.7. The Morgan fingerprint density at radius 3 is 2.73 bits per heavy atom. The van der Waals surface area contributed by atoms with E-state index in [1.54, 1.807) is 19.2 Å². The number of aliphatic carboxylic acids is 1. The third-order valence-electron chi connectivity index (χ3n) is 1.54. The highest BCUT2D eigenvalue weighted by Crippen LogP contribution is 2.21. The first kappa shape index (κ1) is 8.13. The van der Waals surface area contributed by atoms with Crippen LogP contribution in [0.5, 0.6) is 0 Å². The number of nitrogens with zero attached hydrogens (tertiary/aromatic N) is 2. The molecule has 0 radical (unpaired) electrons. The quantitative estimate of drug-likeness (QED) is 0.719. The predicted octanol–water partition coefficient (Wildman–Crippen LogP) is 0.900. The van der Waals surface area contributed by atoms with Gasteiger partial charge >= 0.3 is 5.97 Å². The van der Waals surface area contributed by atoms with E-state index in [1.165, 1.54) is 0 Å². The van der Waals surface area contributed by atoms with Crippen molar-refractivity contribution in [2.45, 2.75) is 19.3 Å². The molecule has 0 fully saturated rings. The molecule has 0 spiro atoms. The number of carboxylic acids is 1. The first-order valence-electron chi connectivity index (χ1n) is 3.06. The lowest BCUT2D eigenvalue weighted by Gasteiger charge is -2.14. The monoisotopic (exact) mass is 172 g/mol. The van der Waals surface area contributed by atoms with Crippen LogP contribution in [0.15, 0.2) is 5.38 Å². The standard InChI is InChI=1S/C6H8N2O2S/c1-6(2,5(9)10)4-3-11-8-7-4/h3H,1-2H3,(H,9,10). The minimum atomic E-state index is -0.924. The van der Waals surface area contributed by atoms with Crippen molar-refractivity contribution >= 4 is 17.5 Å². The van der Waals surface area contributed by atoms with E-state index in [0.29, 0.717) is 5.69 Å². The summed E-state index contributed by atoms with van der Waals surface area (Å²) in [6.45, 7) is 3.21. The molecule has 0 aromatic carbocycles. The van der Waals surface area contributed by atoms with Crippen molar-refractivity contribution in [2.75, 3.05) is 0 Å². The number of aromatic nitrogens is 2. The average molecular weight is 172 g/mol. The summed E-state index contributed by atoms with van der Waals surface area (Å²) in [6.07, 6.45) is 0. The van der Waals surface area contributed by atoms with Gasteiger partial charge < -0.3 is 5.11 Å². The Morgan fingerprint density at radius 2 is 2.36 bits per heavy atom. The Hall–Kier alpha value is -0.970. The molecule has 1 heterocycles. The summed E-state index contributed by atoms with van der Waals surface area (Å²) in [6, 6.07) is 0. The van der Waals surface area contributed by atoms with Gasteiger partial charge in [-0.05, 0) is 25.4 Å². The van der Waals surface area contributed by atoms with Crippen molar-refractivity contribution in [2.24, 2.45) is 0 Å². The van der Waals surface area contributed by atoms with Crippen LogP contribution < -0.4 is 0 Å². The van der Waals surface area contributed by atoms with Gasteiger partial charge in [0.15, 0.2) is 0 Å². The van der Waals surface area contributed by atoms with E-state index in [2.05, 4.69) is 9.59 Å². The van der Waals surface area contributed by atoms with Crippen molar-refractivity contribution < 1.29 is 9.90 Å². The van der Waals surface area contributed by atoms with Gasteiger partial charge in [-0.3, -0.25) is 4.79 Å². The van der Waals surface area contributed by atoms with Crippen LogP contribution >= 0.6 is 11.5 Å². The highest BCUT2D eigenvalue weighted by atomic mass is 32.1. The molecule has 1 aromatic heterocycles. The lowest BCUT2D eigenvalue weighted by atomic mass is 9.91. The molecule has 0 amide bonds. The van der Waals surface area contributed by atoms with Crippen LogP contribution in [0.1, 0.15) is 19.5 Å². The summed E-state index contributed by atoms with van der Waals surface area (Å²) in [5.74, 6) is -0.884. The van der Waals surface area contributed by atoms with Crippen molar-refractivity contribution in [3.05, 3.63) is 11.1 Å². The average Bonchev–Trinajstić information content (AvgIpc) is 2.37. The van der Waals surface area contributed by atoms with Crippen LogP contribution in [-0.4, -0.2) is 20.7 Å². The van der Waals surface area contributed by atoms with E-state index in [9.17, 15) is 4.79 Å². The maximum atomic E-state index is 10.7. The summed E-state index contributed by atoms with van der Waals surface area (Å²) in [5, 5.41) is 14.1. The van der Waals surface area contributed by atoms with E-state index in [1.807, 2.05) is 0 Å². The van der Waals surface area contributed by atoms with Gasteiger partial charge in [0, 0.05) is 5.38 Å². The first-order chi connectivity index (χ1) is 5.05.